The molecule has 1 nitrogen and oxygen atoms in total. The summed E-state index contributed by atoms with van der Waals surface area (Å²) >= 11 is 5.65. The zero-order valence-electron chi connectivity index (χ0n) is 8.27. The molecule has 0 bridgehead atoms. The number of halogens is 1. The van der Waals surface area contributed by atoms with Gasteiger partial charge in [-0.1, -0.05) is 13.8 Å². The number of nitrogens with zero attached hydrogens (tertiary/aromatic N) is 1. The Labute approximate surface area is 81.1 Å². The van der Waals surface area contributed by atoms with E-state index in [0.29, 0.717) is 5.41 Å². The summed E-state index contributed by atoms with van der Waals surface area (Å²) < 4.78 is 0. The van der Waals surface area contributed by atoms with Gasteiger partial charge >= 0.3 is 0 Å². The standard InChI is InChI=1S/C10H20ClN/c1-10(2)4-8-12(9-5-10)7-3-6-11/h3-9H2,1-2H3. The molecule has 0 aromatic heterocycles. The Morgan fingerprint density at radius 2 is 1.83 bits per heavy atom. The number of rotatable bonds is 3. The van der Waals surface area contributed by atoms with Gasteiger partial charge in [0.2, 0.25) is 0 Å². The Kier molecular flexibility index (Phi) is 3.85. The highest BCUT2D eigenvalue weighted by molar-refractivity contribution is 6.17. The van der Waals surface area contributed by atoms with Crippen molar-refractivity contribution in [3.63, 3.8) is 0 Å². The van der Waals surface area contributed by atoms with Crippen LogP contribution in [0.1, 0.15) is 33.1 Å². The highest BCUT2D eigenvalue weighted by Crippen LogP contribution is 2.29. The first-order valence-electron chi connectivity index (χ1n) is 4.92. The van der Waals surface area contributed by atoms with Crippen molar-refractivity contribution in [2.75, 3.05) is 25.5 Å². The molecule has 1 heterocycles. The zero-order valence-corrected chi connectivity index (χ0v) is 9.03. The van der Waals surface area contributed by atoms with Crippen molar-refractivity contribution in [2.24, 2.45) is 5.41 Å². The summed E-state index contributed by atoms with van der Waals surface area (Å²) in [4.78, 5) is 2.54. The summed E-state index contributed by atoms with van der Waals surface area (Å²) in [6.07, 6.45) is 3.83. The molecule has 72 valence electrons. The van der Waals surface area contributed by atoms with E-state index in [9.17, 15) is 0 Å². The van der Waals surface area contributed by atoms with E-state index in [4.69, 9.17) is 11.6 Å². The molecule has 2 heteroatoms. The molecule has 0 unspecified atom stereocenters. The molecule has 12 heavy (non-hydrogen) atoms. The number of hydrogen-bond acceptors (Lipinski definition) is 1. The van der Waals surface area contributed by atoms with Crippen LogP contribution < -0.4 is 0 Å². The summed E-state index contributed by atoms with van der Waals surface area (Å²) in [5.41, 5.74) is 0.581. The second-order valence-corrected chi connectivity index (χ2v) is 4.93. The van der Waals surface area contributed by atoms with E-state index in [1.165, 1.54) is 32.5 Å². The van der Waals surface area contributed by atoms with Crippen LogP contribution in [0.2, 0.25) is 0 Å². The van der Waals surface area contributed by atoms with Gasteiger partial charge in [-0.2, -0.15) is 0 Å². The van der Waals surface area contributed by atoms with E-state index in [0.717, 1.165) is 12.3 Å². The van der Waals surface area contributed by atoms with Crippen LogP contribution in [0.4, 0.5) is 0 Å². The van der Waals surface area contributed by atoms with E-state index in [1.807, 2.05) is 0 Å². The molecule has 0 aromatic rings. The van der Waals surface area contributed by atoms with Crippen LogP contribution in [0.15, 0.2) is 0 Å². The minimum absolute atomic E-state index is 0.581. The lowest BCUT2D eigenvalue weighted by molar-refractivity contribution is 0.133. The molecule has 0 radical (unpaired) electrons. The van der Waals surface area contributed by atoms with Crippen molar-refractivity contribution in [2.45, 2.75) is 33.1 Å². The van der Waals surface area contributed by atoms with Gasteiger partial charge in [0.25, 0.3) is 0 Å². The molecule has 1 fully saturated rings. The normalized spacial score (nSPS) is 24.2. The lowest BCUT2D eigenvalue weighted by atomic mass is 9.83. The molecule has 0 aliphatic carbocycles. The highest BCUT2D eigenvalue weighted by atomic mass is 35.5. The van der Waals surface area contributed by atoms with Gasteiger partial charge in [0.1, 0.15) is 0 Å². The first kappa shape index (κ1) is 10.3. The molecule has 1 aliphatic heterocycles. The fourth-order valence-corrected chi connectivity index (χ4v) is 1.78. The minimum Gasteiger partial charge on any atom is -0.303 e. The van der Waals surface area contributed by atoms with Crippen molar-refractivity contribution in [3.05, 3.63) is 0 Å². The van der Waals surface area contributed by atoms with E-state index in [2.05, 4.69) is 18.7 Å². The summed E-state index contributed by atoms with van der Waals surface area (Å²) in [5.74, 6) is 0.805. The lowest BCUT2D eigenvalue weighted by Gasteiger charge is -2.36. The number of alkyl halides is 1. The first-order valence-corrected chi connectivity index (χ1v) is 5.46. The average molecular weight is 190 g/mol. The molecule has 0 amide bonds. The molecular formula is C10H20ClN. The maximum atomic E-state index is 5.65. The van der Waals surface area contributed by atoms with Crippen LogP contribution in [0.25, 0.3) is 0 Å². The molecule has 0 N–H and O–H groups in total. The Morgan fingerprint density at radius 1 is 1.25 bits per heavy atom. The fourth-order valence-electron chi connectivity index (χ4n) is 1.67. The second-order valence-electron chi connectivity index (χ2n) is 4.55. The van der Waals surface area contributed by atoms with Crippen LogP contribution in [0, 0.1) is 5.41 Å². The predicted octanol–water partition coefficient (Wildman–Crippen LogP) is 2.74. The molecule has 0 spiro atoms. The molecular weight excluding hydrogens is 170 g/mol. The summed E-state index contributed by atoms with van der Waals surface area (Å²) in [6, 6.07) is 0. The molecule has 0 saturated carbocycles. The topological polar surface area (TPSA) is 3.24 Å². The Hall–Kier alpha value is 0.250. The SMILES string of the molecule is CC1(C)CCN(CCCCl)CC1. The van der Waals surface area contributed by atoms with Crippen LogP contribution in [0.5, 0.6) is 0 Å². The van der Waals surface area contributed by atoms with Gasteiger partial charge in [-0.15, -0.1) is 11.6 Å². The highest BCUT2D eigenvalue weighted by Gasteiger charge is 2.24. The first-order chi connectivity index (χ1) is 5.64. The lowest BCUT2D eigenvalue weighted by Crippen LogP contribution is -2.37. The van der Waals surface area contributed by atoms with Crippen LogP contribution in [0.3, 0.4) is 0 Å². The minimum atomic E-state index is 0.581. The third-order valence-electron chi connectivity index (χ3n) is 2.82. The van der Waals surface area contributed by atoms with Crippen molar-refractivity contribution < 1.29 is 0 Å². The molecule has 1 aliphatic rings. The van der Waals surface area contributed by atoms with Gasteiger partial charge in [-0.25, -0.2) is 0 Å². The van der Waals surface area contributed by atoms with Crippen molar-refractivity contribution >= 4 is 11.6 Å². The number of likely N-dealkylation sites (tertiary alicyclic amines) is 1. The van der Waals surface area contributed by atoms with Gasteiger partial charge in [-0.05, 0) is 44.3 Å². The summed E-state index contributed by atoms with van der Waals surface area (Å²) in [6.45, 7) is 8.46. The van der Waals surface area contributed by atoms with E-state index in [-0.39, 0.29) is 0 Å². The van der Waals surface area contributed by atoms with Crippen molar-refractivity contribution in [1.29, 1.82) is 0 Å². The number of hydrogen-bond donors (Lipinski definition) is 0. The smallest absolute Gasteiger partial charge is 0.0235 e. The zero-order chi connectivity index (χ0) is 9.03. The molecule has 0 aromatic carbocycles. The summed E-state index contributed by atoms with van der Waals surface area (Å²) in [7, 11) is 0. The Morgan fingerprint density at radius 3 is 2.33 bits per heavy atom. The number of piperidine rings is 1. The molecule has 1 saturated heterocycles. The third kappa shape index (κ3) is 3.32. The molecule has 1 rings (SSSR count). The average Bonchev–Trinajstić information content (AvgIpc) is 2.03. The van der Waals surface area contributed by atoms with Crippen LogP contribution in [-0.4, -0.2) is 30.4 Å². The van der Waals surface area contributed by atoms with E-state index in [1.54, 1.807) is 0 Å². The van der Waals surface area contributed by atoms with Crippen molar-refractivity contribution in [3.8, 4) is 0 Å². The maximum Gasteiger partial charge on any atom is 0.0235 e. The monoisotopic (exact) mass is 189 g/mol. The second kappa shape index (κ2) is 4.48. The van der Waals surface area contributed by atoms with Gasteiger partial charge < -0.3 is 4.90 Å². The quantitative estimate of drug-likeness (QED) is 0.618. The van der Waals surface area contributed by atoms with Gasteiger partial charge in [0.05, 0.1) is 0 Å². The fraction of sp³-hybridized carbons (Fsp3) is 1.00. The van der Waals surface area contributed by atoms with E-state index >= 15 is 0 Å². The Balaban J connectivity index is 2.18. The largest absolute Gasteiger partial charge is 0.303 e. The van der Waals surface area contributed by atoms with Gasteiger partial charge in [-0.3, -0.25) is 0 Å². The van der Waals surface area contributed by atoms with Crippen LogP contribution >= 0.6 is 11.6 Å². The summed E-state index contributed by atoms with van der Waals surface area (Å²) in [5, 5.41) is 0. The van der Waals surface area contributed by atoms with Crippen LogP contribution in [-0.2, 0) is 0 Å². The predicted molar refractivity (Wildman–Crippen MR) is 54.8 cm³/mol. The van der Waals surface area contributed by atoms with Gasteiger partial charge in [0.15, 0.2) is 0 Å². The van der Waals surface area contributed by atoms with E-state index < -0.39 is 0 Å². The maximum absolute atomic E-state index is 5.65. The third-order valence-corrected chi connectivity index (χ3v) is 3.08. The molecule has 0 atom stereocenters. The Bertz CT molecular complexity index is 124. The van der Waals surface area contributed by atoms with Crippen molar-refractivity contribution in [1.82, 2.24) is 4.90 Å². The van der Waals surface area contributed by atoms with Gasteiger partial charge in [0, 0.05) is 5.88 Å².